The number of benzene rings is 1. The van der Waals surface area contributed by atoms with Crippen molar-refractivity contribution in [1.29, 1.82) is 0 Å². The molecule has 0 aromatic heterocycles. The third-order valence-corrected chi connectivity index (χ3v) is 4.03. The summed E-state index contributed by atoms with van der Waals surface area (Å²) < 4.78 is 5.13. The fourth-order valence-corrected chi connectivity index (χ4v) is 2.77. The van der Waals surface area contributed by atoms with Crippen molar-refractivity contribution in [3.63, 3.8) is 0 Å². The van der Waals surface area contributed by atoms with Gasteiger partial charge in [0.25, 0.3) is 0 Å². The lowest BCUT2D eigenvalue weighted by Crippen LogP contribution is -2.39. The molecule has 1 amide bonds. The number of nitrogens with two attached hydrogens (primary N) is 1. The number of aliphatic hydroxyl groups is 1. The van der Waals surface area contributed by atoms with Gasteiger partial charge in [-0.15, -0.1) is 0 Å². The first-order chi connectivity index (χ1) is 10.1. The van der Waals surface area contributed by atoms with Gasteiger partial charge in [-0.25, -0.2) is 0 Å². The van der Waals surface area contributed by atoms with Crippen LogP contribution >= 0.6 is 0 Å². The van der Waals surface area contributed by atoms with E-state index < -0.39 is 6.10 Å². The number of amides is 1. The predicted molar refractivity (Wildman–Crippen MR) is 80.9 cm³/mol. The van der Waals surface area contributed by atoms with Crippen LogP contribution in [0.5, 0.6) is 5.75 Å². The Kier molecular flexibility index (Phi) is 5.59. The molecular formula is C16H24N2O3. The highest BCUT2D eigenvalue weighted by Crippen LogP contribution is 2.23. The molecule has 116 valence electrons. The molecule has 2 rings (SSSR count). The highest BCUT2D eigenvalue weighted by atomic mass is 16.5. The fourth-order valence-electron chi connectivity index (χ4n) is 2.77. The number of ether oxygens (including phenoxy) is 1. The summed E-state index contributed by atoms with van der Waals surface area (Å²) in [5.74, 6) is 0.662. The third kappa shape index (κ3) is 4.44. The molecule has 0 aliphatic heterocycles. The van der Waals surface area contributed by atoms with Crippen molar-refractivity contribution in [3.05, 3.63) is 29.8 Å². The molecule has 21 heavy (non-hydrogen) atoms. The highest BCUT2D eigenvalue weighted by molar-refractivity contribution is 5.78. The fraction of sp³-hybridized carbons (Fsp3) is 0.562. The van der Waals surface area contributed by atoms with Crippen LogP contribution in [0.4, 0.5) is 0 Å². The van der Waals surface area contributed by atoms with E-state index in [4.69, 9.17) is 10.5 Å². The number of aliphatic hydroxyl groups excluding tert-OH is 1. The Morgan fingerprint density at radius 2 is 2.33 bits per heavy atom. The molecule has 1 aliphatic rings. The number of hydrogen-bond donors (Lipinski definition) is 3. The van der Waals surface area contributed by atoms with Crippen LogP contribution < -0.4 is 15.8 Å². The number of hydrogen-bond acceptors (Lipinski definition) is 4. The number of nitrogens with one attached hydrogen (secondary N) is 1. The van der Waals surface area contributed by atoms with E-state index in [0.29, 0.717) is 5.75 Å². The zero-order chi connectivity index (χ0) is 15.2. The van der Waals surface area contributed by atoms with Crippen molar-refractivity contribution in [2.24, 2.45) is 11.7 Å². The SMILES string of the molecule is COc1cccc(C(O)CNC(=O)C2CCCC(N)C2)c1. The average Bonchev–Trinajstić information content (AvgIpc) is 2.52. The van der Waals surface area contributed by atoms with Gasteiger partial charge in [-0.05, 0) is 37.0 Å². The summed E-state index contributed by atoms with van der Waals surface area (Å²) >= 11 is 0. The average molecular weight is 292 g/mol. The molecule has 1 aliphatic carbocycles. The van der Waals surface area contributed by atoms with Crippen LogP contribution in [-0.2, 0) is 4.79 Å². The minimum absolute atomic E-state index is 0.00732. The Bertz CT molecular complexity index is 478. The monoisotopic (exact) mass is 292 g/mol. The smallest absolute Gasteiger partial charge is 0.223 e. The van der Waals surface area contributed by atoms with E-state index in [0.717, 1.165) is 31.2 Å². The summed E-state index contributed by atoms with van der Waals surface area (Å²) in [6, 6.07) is 7.35. The molecule has 4 N–H and O–H groups in total. The molecule has 1 aromatic rings. The third-order valence-electron chi connectivity index (χ3n) is 4.03. The maximum absolute atomic E-state index is 12.1. The van der Waals surface area contributed by atoms with E-state index in [1.165, 1.54) is 0 Å². The molecule has 3 unspecified atom stereocenters. The molecule has 0 heterocycles. The van der Waals surface area contributed by atoms with Crippen molar-refractivity contribution in [3.8, 4) is 5.75 Å². The second-order valence-corrected chi connectivity index (χ2v) is 5.66. The normalized spacial score (nSPS) is 23.4. The van der Waals surface area contributed by atoms with Gasteiger partial charge in [0, 0.05) is 18.5 Å². The van der Waals surface area contributed by atoms with Gasteiger partial charge in [0.1, 0.15) is 5.75 Å². The van der Waals surface area contributed by atoms with Gasteiger partial charge in [0.15, 0.2) is 0 Å². The zero-order valence-electron chi connectivity index (χ0n) is 12.4. The first kappa shape index (κ1) is 15.8. The molecular weight excluding hydrogens is 268 g/mol. The molecule has 0 radical (unpaired) electrons. The quantitative estimate of drug-likeness (QED) is 0.765. The Morgan fingerprint density at radius 1 is 1.52 bits per heavy atom. The first-order valence-corrected chi connectivity index (χ1v) is 7.45. The van der Waals surface area contributed by atoms with Crippen molar-refractivity contribution < 1.29 is 14.6 Å². The maximum Gasteiger partial charge on any atom is 0.223 e. The number of carbonyl (C=O) groups excluding carboxylic acids is 1. The van der Waals surface area contributed by atoms with Crippen molar-refractivity contribution in [2.45, 2.75) is 37.8 Å². The topological polar surface area (TPSA) is 84.6 Å². The summed E-state index contributed by atoms with van der Waals surface area (Å²) in [6.07, 6.45) is 2.88. The highest BCUT2D eigenvalue weighted by Gasteiger charge is 2.25. The second kappa shape index (κ2) is 7.43. The molecule has 3 atom stereocenters. The Hall–Kier alpha value is -1.59. The molecule has 1 aromatic carbocycles. The Labute approximate surface area is 125 Å². The minimum Gasteiger partial charge on any atom is -0.497 e. The molecule has 0 spiro atoms. The van der Waals surface area contributed by atoms with E-state index >= 15 is 0 Å². The van der Waals surface area contributed by atoms with Gasteiger partial charge in [0.2, 0.25) is 5.91 Å². The Morgan fingerprint density at radius 3 is 3.05 bits per heavy atom. The van der Waals surface area contributed by atoms with E-state index in [9.17, 15) is 9.90 Å². The molecule has 5 heteroatoms. The lowest BCUT2D eigenvalue weighted by atomic mass is 9.85. The summed E-state index contributed by atoms with van der Waals surface area (Å²) in [7, 11) is 1.58. The molecule has 1 saturated carbocycles. The summed E-state index contributed by atoms with van der Waals surface area (Å²) in [5, 5.41) is 13.0. The van der Waals surface area contributed by atoms with E-state index in [1.54, 1.807) is 13.2 Å². The van der Waals surface area contributed by atoms with E-state index in [-0.39, 0.29) is 24.4 Å². The lowest BCUT2D eigenvalue weighted by molar-refractivity contribution is -0.126. The standard InChI is InChI=1S/C16H24N2O3/c1-21-14-7-3-4-11(9-14)15(19)10-18-16(20)12-5-2-6-13(17)8-12/h3-4,7,9,12-13,15,19H,2,5-6,8,10,17H2,1H3,(H,18,20). The van der Waals surface area contributed by atoms with Crippen LogP contribution in [0.1, 0.15) is 37.4 Å². The summed E-state index contributed by atoms with van der Waals surface area (Å²) in [6.45, 7) is 0.206. The van der Waals surface area contributed by atoms with Crippen LogP contribution in [0.3, 0.4) is 0 Å². The van der Waals surface area contributed by atoms with Crippen LogP contribution in [0, 0.1) is 5.92 Å². The van der Waals surface area contributed by atoms with E-state index in [1.807, 2.05) is 18.2 Å². The summed E-state index contributed by atoms with van der Waals surface area (Å²) in [5.41, 5.74) is 6.63. The van der Waals surface area contributed by atoms with Gasteiger partial charge < -0.3 is 20.9 Å². The first-order valence-electron chi connectivity index (χ1n) is 7.45. The summed E-state index contributed by atoms with van der Waals surface area (Å²) in [4.78, 5) is 12.1. The van der Waals surface area contributed by atoms with Gasteiger partial charge in [-0.2, -0.15) is 0 Å². The van der Waals surface area contributed by atoms with Crippen LogP contribution in [0.2, 0.25) is 0 Å². The van der Waals surface area contributed by atoms with Gasteiger partial charge in [0.05, 0.1) is 13.2 Å². The zero-order valence-corrected chi connectivity index (χ0v) is 12.4. The van der Waals surface area contributed by atoms with Gasteiger partial charge in [-0.1, -0.05) is 18.6 Å². The molecule has 1 fully saturated rings. The molecule has 5 nitrogen and oxygen atoms in total. The Balaban J connectivity index is 1.85. The molecule has 0 bridgehead atoms. The maximum atomic E-state index is 12.1. The number of carbonyl (C=O) groups is 1. The predicted octanol–water partition coefficient (Wildman–Crippen LogP) is 1.36. The van der Waals surface area contributed by atoms with Crippen LogP contribution in [0.25, 0.3) is 0 Å². The second-order valence-electron chi connectivity index (χ2n) is 5.66. The van der Waals surface area contributed by atoms with Crippen molar-refractivity contribution >= 4 is 5.91 Å². The lowest BCUT2D eigenvalue weighted by Gasteiger charge is -2.26. The van der Waals surface area contributed by atoms with Crippen molar-refractivity contribution in [1.82, 2.24) is 5.32 Å². The minimum atomic E-state index is -0.735. The van der Waals surface area contributed by atoms with Crippen molar-refractivity contribution in [2.75, 3.05) is 13.7 Å². The largest absolute Gasteiger partial charge is 0.497 e. The van der Waals surface area contributed by atoms with Gasteiger partial charge >= 0.3 is 0 Å². The van der Waals surface area contributed by atoms with Crippen LogP contribution in [0.15, 0.2) is 24.3 Å². The van der Waals surface area contributed by atoms with Gasteiger partial charge in [-0.3, -0.25) is 4.79 Å². The van der Waals surface area contributed by atoms with Crippen LogP contribution in [-0.4, -0.2) is 30.7 Å². The molecule has 0 saturated heterocycles. The number of methoxy groups -OCH3 is 1. The number of rotatable bonds is 5. The van der Waals surface area contributed by atoms with E-state index in [2.05, 4.69) is 5.32 Å².